The maximum atomic E-state index is 14.7. The van der Waals surface area contributed by atoms with E-state index in [0.29, 0.717) is 18.9 Å². The molecule has 12 heteroatoms. The molecule has 2 amide bonds. The number of hydrogen-bond acceptors (Lipinski definition) is 4. The molecule has 1 unspecified atom stereocenters. The summed E-state index contributed by atoms with van der Waals surface area (Å²) in [7, 11) is 0. The zero-order chi connectivity index (χ0) is 25.1. The largest absolute Gasteiger partial charge is 0.416 e. The van der Waals surface area contributed by atoms with Crippen molar-refractivity contribution in [3.63, 3.8) is 0 Å². The minimum Gasteiger partial charge on any atom is -0.381 e. The van der Waals surface area contributed by atoms with Crippen LogP contribution in [0.2, 0.25) is 5.02 Å². The summed E-state index contributed by atoms with van der Waals surface area (Å²) in [6.07, 6.45) is -2.81. The van der Waals surface area contributed by atoms with Crippen LogP contribution in [0.4, 0.5) is 22.0 Å². The molecule has 1 N–H and O–H groups in total. The summed E-state index contributed by atoms with van der Waals surface area (Å²) in [5, 5.41) is 2.31. The SMILES string of the molecule is O=C(NC(c1cc(F)c(Cl)cc1F)C1COC1)[C@H]1C[C@H]2C[C@H]2N1C(=O)c1cc(C(F)(F)F)ccn1. The van der Waals surface area contributed by atoms with Crippen LogP contribution in [0.25, 0.3) is 0 Å². The molecule has 35 heavy (non-hydrogen) atoms. The smallest absolute Gasteiger partial charge is 0.381 e. The average Bonchev–Trinajstić information content (AvgIpc) is 3.43. The Morgan fingerprint density at radius 3 is 2.54 bits per heavy atom. The summed E-state index contributed by atoms with van der Waals surface area (Å²) in [6, 6.07) is 0.955. The number of nitrogens with zero attached hydrogens (tertiary/aromatic N) is 2. The molecule has 1 aromatic heterocycles. The van der Waals surface area contributed by atoms with Gasteiger partial charge in [0.25, 0.3) is 5.91 Å². The average molecular weight is 516 g/mol. The van der Waals surface area contributed by atoms with Gasteiger partial charge in [0.2, 0.25) is 5.91 Å². The van der Waals surface area contributed by atoms with Crippen LogP contribution in [0.3, 0.4) is 0 Å². The van der Waals surface area contributed by atoms with Crippen molar-refractivity contribution >= 4 is 23.4 Å². The summed E-state index contributed by atoms with van der Waals surface area (Å²) in [6.45, 7) is 0.419. The number of nitrogens with one attached hydrogen (secondary N) is 1. The first kappa shape index (κ1) is 23.9. The van der Waals surface area contributed by atoms with Crippen LogP contribution in [0.1, 0.15) is 40.5 Å². The number of hydrogen-bond donors (Lipinski definition) is 1. The van der Waals surface area contributed by atoms with E-state index in [4.69, 9.17) is 16.3 Å². The van der Waals surface area contributed by atoms with Crippen LogP contribution in [0, 0.1) is 23.5 Å². The van der Waals surface area contributed by atoms with Gasteiger partial charge >= 0.3 is 6.18 Å². The molecule has 4 atom stereocenters. The minimum atomic E-state index is -4.65. The van der Waals surface area contributed by atoms with E-state index in [1.54, 1.807) is 0 Å². The van der Waals surface area contributed by atoms with Gasteiger partial charge in [-0.1, -0.05) is 11.6 Å². The van der Waals surface area contributed by atoms with E-state index in [-0.39, 0.29) is 36.7 Å². The number of amides is 2. The molecule has 6 nitrogen and oxygen atoms in total. The van der Waals surface area contributed by atoms with Crippen LogP contribution in [0.15, 0.2) is 30.5 Å². The van der Waals surface area contributed by atoms with E-state index >= 15 is 0 Å². The fraction of sp³-hybridized carbons (Fsp3) is 0.435. The van der Waals surface area contributed by atoms with Gasteiger partial charge in [-0.2, -0.15) is 13.2 Å². The molecule has 2 saturated heterocycles. The maximum Gasteiger partial charge on any atom is 0.416 e. The third-order valence-electron chi connectivity index (χ3n) is 6.76. The van der Waals surface area contributed by atoms with E-state index in [0.717, 1.165) is 24.4 Å². The molecule has 3 fully saturated rings. The van der Waals surface area contributed by atoms with Crippen molar-refractivity contribution in [1.82, 2.24) is 15.2 Å². The minimum absolute atomic E-state index is 0.0377. The Morgan fingerprint density at radius 1 is 1.14 bits per heavy atom. The Hall–Kier alpha value is -2.79. The van der Waals surface area contributed by atoms with E-state index in [1.165, 1.54) is 4.90 Å². The van der Waals surface area contributed by atoms with Crippen LogP contribution in [-0.2, 0) is 15.7 Å². The first-order valence-electron chi connectivity index (χ1n) is 10.9. The van der Waals surface area contributed by atoms with Crippen molar-refractivity contribution in [3.8, 4) is 0 Å². The van der Waals surface area contributed by atoms with Crippen LogP contribution in [0.5, 0.6) is 0 Å². The predicted molar refractivity (Wildman–Crippen MR) is 112 cm³/mol. The van der Waals surface area contributed by atoms with Gasteiger partial charge in [-0.05, 0) is 43.0 Å². The van der Waals surface area contributed by atoms with Crippen molar-refractivity contribution < 1.29 is 36.3 Å². The van der Waals surface area contributed by atoms with E-state index in [2.05, 4.69) is 10.3 Å². The Balaban J connectivity index is 1.39. The molecule has 3 aliphatic rings. The monoisotopic (exact) mass is 515 g/mol. The van der Waals surface area contributed by atoms with Gasteiger partial charge in [0.15, 0.2) is 0 Å². The number of pyridine rings is 1. The van der Waals surface area contributed by atoms with Crippen LogP contribution >= 0.6 is 11.6 Å². The number of ether oxygens (including phenoxy) is 1. The van der Waals surface area contributed by atoms with Crippen molar-refractivity contribution in [2.24, 2.45) is 11.8 Å². The van der Waals surface area contributed by atoms with Crippen LogP contribution < -0.4 is 5.32 Å². The highest BCUT2D eigenvalue weighted by atomic mass is 35.5. The molecule has 1 aliphatic carbocycles. The number of piperidine rings is 1. The lowest BCUT2D eigenvalue weighted by atomic mass is 9.90. The standard InChI is InChI=1S/C23H19ClF5N3O3/c24-14-7-15(25)13(6-16(14)26)20(11-8-35-9-11)31-21(33)19-4-10-3-18(10)32(19)22(34)17-5-12(1-2-30-17)23(27,28)29/h1-2,5-7,10-11,18-20H,3-4,8-9H2,(H,31,33)/t10-,18-,19-,20?/m1/s1. The summed E-state index contributed by atoms with van der Waals surface area (Å²) in [4.78, 5) is 31.5. The molecule has 1 saturated carbocycles. The third-order valence-corrected chi connectivity index (χ3v) is 7.05. The van der Waals surface area contributed by atoms with Gasteiger partial charge in [-0.15, -0.1) is 0 Å². The molecule has 3 heterocycles. The molecule has 2 aliphatic heterocycles. The summed E-state index contributed by atoms with van der Waals surface area (Å²) < 4.78 is 73.2. The van der Waals surface area contributed by atoms with Gasteiger partial charge in [0.1, 0.15) is 23.4 Å². The highest BCUT2D eigenvalue weighted by Gasteiger charge is 2.56. The van der Waals surface area contributed by atoms with E-state index < -0.39 is 58.0 Å². The number of halogens is 6. The topological polar surface area (TPSA) is 71.5 Å². The first-order valence-corrected chi connectivity index (χ1v) is 11.3. The summed E-state index contributed by atoms with van der Waals surface area (Å²) >= 11 is 5.65. The number of carbonyl (C=O) groups is 2. The Kier molecular flexibility index (Phi) is 5.95. The number of rotatable bonds is 5. The van der Waals surface area contributed by atoms with Gasteiger partial charge in [-0.25, -0.2) is 8.78 Å². The van der Waals surface area contributed by atoms with E-state index in [1.807, 2.05) is 0 Å². The summed E-state index contributed by atoms with van der Waals surface area (Å²) in [5.41, 5.74) is -1.54. The fourth-order valence-corrected chi connectivity index (χ4v) is 4.91. The molecule has 0 radical (unpaired) electrons. The molecule has 2 aromatic rings. The second-order valence-electron chi connectivity index (χ2n) is 9.03. The van der Waals surface area contributed by atoms with Crippen molar-refractivity contribution in [3.05, 3.63) is 63.9 Å². The number of alkyl halides is 3. The fourth-order valence-electron chi connectivity index (χ4n) is 4.76. The molecule has 5 rings (SSSR count). The van der Waals surface area contributed by atoms with Gasteiger partial charge in [0.05, 0.1) is 29.8 Å². The Bertz CT molecular complexity index is 1190. The number of fused-ring (bicyclic) bond motifs is 1. The number of likely N-dealkylation sites (tertiary alicyclic amines) is 1. The molecule has 1 aromatic carbocycles. The highest BCUT2D eigenvalue weighted by Crippen LogP contribution is 2.48. The predicted octanol–water partition coefficient (Wildman–Crippen LogP) is 4.14. The molecular weight excluding hydrogens is 497 g/mol. The second kappa shape index (κ2) is 8.70. The lowest BCUT2D eigenvalue weighted by Gasteiger charge is -2.36. The molecule has 0 bridgehead atoms. The second-order valence-corrected chi connectivity index (χ2v) is 9.43. The van der Waals surface area contributed by atoms with Gasteiger partial charge in [-0.3, -0.25) is 14.6 Å². The Morgan fingerprint density at radius 2 is 1.89 bits per heavy atom. The van der Waals surface area contributed by atoms with Gasteiger partial charge in [0, 0.05) is 23.7 Å². The van der Waals surface area contributed by atoms with Gasteiger partial charge < -0.3 is 15.0 Å². The van der Waals surface area contributed by atoms with Crippen LogP contribution in [-0.4, -0.2) is 47.0 Å². The zero-order valence-electron chi connectivity index (χ0n) is 18.0. The van der Waals surface area contributed by atoms with Crippen molar-refractivity contribution in [1.29, 1.82) is 0 Å². The zero-order valence-corrected chi connectivity index (χ0v) is 18.7. The number of aromatic nitrogens is 1. The lowest BCUT2D eigenvalue weighted by molar-refractivity contribution is -0.137. The number of carbonyl (C=O) groups excluding carboxylic acids is 2. The maximum absolute atomic E-state index is 14.7. The van der Waals surface area contributed by atoms with E-state index in [9.17, 15) is 31.5 Å². The third kappa shape index (κ3) is 4.47. The van der Waals surface area contributed by atoms with Crippen molar-refractivity contribution in [2.45, 2.75) is 37.1 Å². The first-order chi connectivity index (χ1) is 16.5. The molecule has 186 valence electrons. The molecular formula is C23H19ClF5N3O3. The number of benzene rings is 1. The quantitative estimate of drug-likeness (QED) is 0.480. The summed E-state index contributed by atoms with van der Waals surface area (Å²) in [5.74, 6) is -3.34. The van der Waals surface area contributed by atoms with Crippen molar-refractivity contribution in [2.75, 3.05) is 13.2 Å². The lowest BCUT2D eigenvalue weighted by Crippen LogP contribution is -2.51. The highest BCUT2D eigenvalue weighted by molar-refractivity contribution is 6.30. The Labute approximate surface area is 201 Å². The normalized spacial score (nSPS) is 24.5. The molecule has 0 spiro atoms.